The Balaban J connectivity index is 2.11. The van der Waals surface area contributed by atoms with E-state index in [1.54, 1.807) is 7.11 Å². The molecule has 0 saturated heterocycles. The van der Waals surface area contributed by atoms with Crippen molar-refractivity contribution in [2.45, 2.75) is 58.9 Å². The van der Waals surface area contributed by atoms with E-state index in [2.05, 4.69) is 71.7 Å². The zero-order chi connectivity index (χ0) is 25.3. The van der Waals surface area contributed by atoms with Crippen molar-refractivity contribution in [2.24, 2.45) is 0 Å². The Morgan fingerprint density at radius 3 is 2.00 bits per heavy atom. The summed E-state index contributed by atoms with van der Waals surface area (Å²) in [5, 5.41) is 1.75. The highest BCUT2D eigenvalue weighted by Gasteiger charge is 2.28. The smallest absolute Gasteiger partial charge is 0.142 e. The highest BCUT2D eigenvalue weighted by Crippen LogP contribution is 2.43. The van der Waals surface area contributed by atoms with Crippen LogP contribution in [0, 0.1) is 0 Å². The average molecular weight is 478 g/mol. The van der Waals surface area contributed by atoms with Crippen molar-refractivity contribution in [2.75, 3.05) is 25.7 Å². The van der Waals surface area contributed by atoms with E-state index >= 15 is 0 Å². The summed E-state index contributed by atoms with van der Waals surface area (Å²) in [6, 6.07) is 22.4. The lowest BCUT2D eigenvalue weighted by Gasteiger charge is -2.31. The molecule has 0 saturated carbocycles. The van der Waals surface area contributed by atoms with Crippen LogP contribution in [0.1, 0.15) is 58.2 Å². The summed E-state index contributed by atoms with van der Waals surface area (Å²) in [4.78, 5) is 2.20. The van der Waals surface area contributed by atoms with Crippen LogP contribution in [0.5, 0.6) is 5.75 Å². The Bertz CT molecular complexity index is 1190. The summed E-state index contributed by atoms with van der Waals surface area (Å²) in [6.45, 7) is 16.0. The summed E-state index contributed by atoms with van der Waals surface area (Å²) in [7, 11) is 1.07. The number of para-hydroxylation sites is 1. The number of anilines is 1. The molecule has 0 amide bonds. The van der Waals surface area contributed by atoms with Gasteiger partial charge in [-0.2, -0.15) is 0 Å². The molecule has 0 spiro atoms. The van der Waals surface area contributed by atoms with Crippen LogP contribution in [0.25, 0.3) is 0 Å². The molecule has 3 rings (SSSR count). The highest BCUT2D eigenvalue weighted by atomic mass is 31.2. The standard InChI is InChI=1S/C30H40NO2P/c1-29(2,3)23-19-22(28(33-8)25(20-23)30(4,5)6)21-31(7)26-17-13-14-18-27(26)34(9,32)24-15-11-10-12-16-24/h10-20H,21H2,1-9H3. The monoisotopic (exact) mass is 477 g/mol. The van der Waals surface area contributed by atoms with Crippen LogP contribution in [0.2, 0.25) is 0 Å². The molecule has 0 aliphatic carbocycles. The maximum Gasteiger partial charge on any atom is 0.142 e. The van der Waals surface area contributed by atoms with Crippen molar-refractivity contribution in [3.8, 4) is 5.75 Å². The maximum atomic E-state index is 14.0. The fourth-order valence-corrected chi connectivity index (χ4v) is 6.45. The summed E-state index contributed by atoms with van der Waals surface area (Å²) < 4.78 is 20.0. The number of rotatable bonds is 6. The lowest BCUT2D eigenvalue weighted by Crippen LogP contribution is -2.27. The summed E-state index contributed by atoms with van der Waals surface area (Å²) >= 11 is 0. The number of hydrogen-bond acceptors (Lipinski definition) is 3. The van der Waals surface area contributed by atoms with Crippen molar-refractivity contribution in [1.29, 1.82) is 0 Å². The fourth-order valence-electron chi connectivity index (χ4n) is 4.38. The topological polar surface area (TPSA) is 29.5 Å². The van der Waals surface area contributed by atoms with E-state index in [-0.39, 0.29) is 10.8 Å². The lowest BCUT2D eigenvalue weighted by atomic mass is 9.79. The Labute approximate surface area is 206 Å². The van der Waals surface area contributed by atoms with Gasteiger partial charge in [-0.05, 0) is 41.3 Å². The first-order valence-electron chi connectivity index (χ1n) is 11.9. The molecule has 182 valence electrons. The number of methoxy groups -OCH3 is 1. The van der Waals surface area contributed by atoms with Gasteiger partial charge in [0.2, 0.25) is 0 Å². The van der Waals surface area contributed by atoms with Gasteiger partial charge < -0.3 is 14.2 Å². The minimum absolute atomic E-state index is 0.0178. The molecule has 0 aromatic heterocycles. The zero-order valence-electron chi connectivity index (χ0n) is 22.3. The molecule has 0 aliphatic rings. The van der Waals surface area contributed by atoms with Crippen LogP contribution in [0.4, 0.5) is 5.69 Å². The maximum absolute atomic E-state index is 14.0. The molecule has 0 radical (unpaired) electrons. The lowest BCUT2D eigenvalue weighted by molar-refractivity contribution is 0.391. The third kappa shape index (κ3) is 5.41. The van der Waals surface area contributed by atoms with Gasteiger partial charge in [0.1, 0.15) is 12.9 Å². The van der Waals surface area contributed by atoms with Crippen LogP contribution in [-0.4, -0.2) is 20.8 Å². The summed E-state index contributed by atoms with van der Waals surface area (Å²) in [6.07, 6.45) is 0. The third-order valence-electron chi connectivity index (χ3n) is 6.45. The minimum atomic E-state index is -2.76. The molecule has 4 heteroatoms. The molecular weight excluding hydrogens is 437 g/mol. The molecule has 0 aliphatic heterocycles. The summed E-state index contributed by atoms with van der Waals surface area (Å²) in [5.74, 6) is 0.938. The van der Waals surface area contributed by atoms with Crippen molar-refractivity contribution < 1.29 is 9.30 Å². The molecule has 3 nitrogen and oxygen atoms in total. The summed E-state index contributed by atoms with van der Waals surface area (Å²) in [5.41, 5.74) is 4.60. The molecule has 0 N–H and O–H groups in total. The second kappa shape index (κ2) is 9.62. The molecule has 3 aromatic rings. The Hall–Kier alpha value is -2.51. The second-order valence-corrected chi connectivity index (χ2v) is 14.2. The van der Waals surface area contributed by atoms with Crippen molar-refractivity contribution >= 4 is 23.4 Å². The number of hydrogen-bond donors (Lipinski definition) is 0. The highest BCUT2D eigenvalue weighted by molar-refractivity contribution is 7.78. The van der Waals surface area contributed by atoms with E-state index in [1.807, 2.05) is 55.2 Å². The van der Waals surface area contributed by atoms with E-state index in [0.717, 1.165) is 27.6 Å². The first kappa shape index (κ1) is 26.1. The predicted molar refractivity (Wildman–Crippen MR) is 148 cm³/mol. The third-order valence-corrected chi connectivity index (χ3v) is 9.03. The Morgan fingerprint density at radius 1 is 0.853 bits per heavy atom. The molecule has 0 bridgehead atoms. The second-order valence-electron chi connectivity index (χ2n) is 11.3. The van der Waals surface area contributed by atoms with Crippen LogP contribution in [0.3, 0.4) is 0 Å². The number of ether oxygens (including phenoxy) is 1. The zero-order valence-corrected chi connectivity index (χ0v) is 23.2. The molecule has 1 atom stereocenters. The average Bonchev–Trinajstić information content (AvgIpc) is 2.78. The molecule has 0 fully saturated rings. The molecule has 1 unspecified atom stereocenters. The molecule has 0 heterocycles. The first-order chi connectivity index (χ1) is 15.8. The van der Waals surface area contributed by atoms with Gasteiger partial charge in [-0.3, -0.25) is 0 Å². The first-order valence-corrected chi connectivity index (χ1v) is 14.1. The van der Waals surface area contributed by atoms with Gasteiger partial charge in [0.25, 0.3) is 0 Å². The van der Waals surface area contributed by atoms with Gasteiger partial charge in [-0.25, -0.2) is 0 Å². The van der Waals surface area contributed by atoms with Crippen LogP contribution >= 0.6 is 7.14 Å². The van der Waals surface area contributed by atoms with Gasteiger partial charge in [0.05, 0.1) is 7.11 Å². The Kier molecular flexibility index (Phi) is 7.39. The Morgan fingerprint density at radius 2 is 1.44 bits per heavy atom. The largest absolute Gasteiger partial charge is 0.496 e. The van der Waals surface area contributed by atoms with E-state index in [9.17, 15) is 4.57 Å². The quantitative estimate of drug-likeness (QED) is 0.363. The van der Waals surface area contributed by atoms with E-state index in [0.29, 0.717) is 6.54 Å². The predicted octanol–water partition coefficient (Wildman–Crippen LogP) is 6.87. The normalized spacial score (nSPS) is 13.9. The number of nitrogens with zero attached hydrogens (tertiary/aromatic N) is 1. The van der Waals surface area contributed by atoms with Gasteiger partial charge in [-0.15, -0.1) is 0 Å². The van der Waals surface area contributed by atoms with Gasteiger partial charge >= 0.3 is 0 Å². The SMILES string of the molecule is COc1c(CN(C)c2ccccc2P(C)(=O)c2ccccc2)cc(C(C)(C)C)cc1C(C)(C)C. The molecule has 3 aromatic carbocycles. The van der Waals surface area contributed by atoms with Gasteiger partial charge in [-0.1, -0.05) is 90.1 Å². The van der Waals surface area contributed by atoms with Crippen molar-refractivity contribution in [3.63, 3.8) is 0 Å². The van der Waals surface area contributed by atoms with Crippen molar-refractivity contribution in [1.82, 2.24) is 0 Å². The van der Waals surface area contributed by atoms with Crippen LogP contribution in [-0.2, 0) is 21.9 Å². The van der Waals surface area contributed by atoms with Gasteiger partial charge in [0.15, 0.2) is 0 Å². The minimum Gasteiger partial charge on any atom is -0.496 e. The van der Waals surface area contributed by atoms with E-state index < -0.39 is 7.14 Å². The number of benzene rings is 3. The van der Waals surface area contributed by atoms with Gasteiger partial charge in [0, 0.05) is 41.0 Å². The molecule has 34 heavy (non-hydrogen) atoms. The van der Waals surface area contributed by atoms with Crippen LogP contribution < -0.4 is 20.2 Å². The van der Waals surface area contributed by atoms with E-state index in [1.165, 1.54) is 11.1 Å². The van der Waals surface area contributed by atoms with Crippen molar-refractivity contribution in [3.05, 3.63) is 83.4 Å². The molecular formula is C30H40NO2P. The van der Waals surface area contributed by atoms with E-state index in [4.69, 9.17) is 4.74 Å². The van der Waals surface area contributed by atoms with Crippen LogP contribution in [0.15, 0.2) is 66.7 Å². The fraction of sp³-hybridized carbons (Fsp3) is 0.400.